The Kier molecular flexibility index (Phi) is 6.27. The lowest BCUT2D eigenvalue weighted by Gasteiger charge is -2.26. The summed E-state index contributed by atoms with van der Waals surface area (Å²) in [6, 6.07) is 4.42. The van der Waals surface area contributed by atoms with Gasteiger partial charge in [0.25, 0.3) is 0 Å². The maximum atomic E-state index is 13.5. The van der Waals surface area contributed by atoms with E-state index in [0.29, 0.717) is 17.7 Å². The molecule has 0 spiro atoms. The van der Waals surface area contributed by atoms with Crippen molar-refractivity contribution in [3.8, 4) is 0 Å². The van der Waals surface area contributed by atoms with Crippen molar-refractivity contribution < 1.29 is 22.8 Å². The highest BCUT2D eigenvalue weighted by Gasteiger charge is 2.35. The second kappa shape index (κ2) is 8.01. The summed E-state index contributed by atoms with van der Waals surface area (Å²) in [4.78, 5) is 16.6. The van der Waals surface area contributed by atoms with Crippen molar-refractivity contribution in [2.75, 3.05) is 6.54 Å². The molecule has 3 nitrogen and oxygen atoms in total. The highest BCUT2D eigenvalue weighted by Crippen LogP contribution is 2.41. The molecule has 0 bridgehead atoms. The summed E-state index contributed by atoms with van der Waals surface area (Å²) in [5.41, 5.74) is 0.243. The monoisotopic (exact) mass is 343 g/mol. The number of carbonyl (C=O) groups excluding carboxylic acids is 1. The van der Waals surface area contributed by atoms with E-state index in [9.17, 15) is 18.0 Å². The number of hydroxylamine groups is 2. The zero-order valence-corrected chi connectivity index (χ0v) is 14.2. The molecule has 0 saturated heterocycles. The fraction of sp³-hybridized carbons (Fsp3) is 0.611. The quantitative estimate of drug-likeness (QED) is 0.700. The van der Waals surface area contributed by atoms with Crippen LogP contribution in [0.15, 0.2) is 18.2 Å². The van der Waals surface area contributed by atoms with Gasteiger partial charge in [-0.25, -0.2) is 5.06 Å². The average Bonchev–Trinajstić information content (AvgIpc) is 2.55. The Balaban J connectivity index is 2.21. The van der Waals surface area contributed by atoms with Gasteiger partial charge < -0.3 is 0 Å². The molecule has 1 aromatic carbocycles. The summed E-state index contributed by atoms with van der Waals surface area (Å²) in [7, 11) is 0. The molecular weight excluding hydrogens is 319 g/mol. The van der Waals surface area contributed by atoms with Gasteiger partial charge in [-0.05, 0) is 42.9 Å². The van der Waals surface area contributed by atoms with Gasteiger partial charge in [-0.2, -0.15) is 13.2 Å². The SMILES string of the molecule is CCN(OCc1ccc(C2CCCCC2)c(C(F)(F)F)c1)C(C)=O. The van der Waals surface area contributed by atoms with Crippen LogP contribution in [-0.4, -0.2) is 17.5 Å². The summed E-state index contributed by atoms with van der Waals surface area (Å²) < 4.78 is 40.4. The molecule has 1 aliphatic rings. The Morgan fingerprint density at radius 2 is 1.92 bits per heavy atom. The first kappa shape index (κ1) is 18.8. The van der Waals surface area contributed by atoms with Gasteiger partial charge in [-0.15, -0.1) is 0 Å². The van der Waals surface area contributed by atoms with Crippen LogP contribution in [0.25, 0.3) is 0 Å². The lowest BCUT2D eigenvalue weighted by molar-refractivity contribution is -0.187. The molecule has 134 valence electrons. The second-order valence-electron chi connectivity index (χ2n) is 6.24. The van der Waals surface area contributed by atoms with E-state index in [1.807, 2.05) is 0 Å². The number of hydrogen-bond donors (Lipinski definition) is 0. The van der Waals surface area contributed by atoms with Crippen molar-refractivity contribution in [1.29, 1.82) is 0 Å². The van der Waals surface area contributed by atoms with Crippen LogP contribution in [0, 0.1) is 0 Å². The molecule has 0 atom stereocenters. The topological polar surface area (TPSA) is 29.5 Å². The molecule has 1 aliphatic carbocycles. The van der Waals surface area contributed by atoms with Crippen molar-refractivity contribution in [2.24, 2.45) is 0 Å². The predicted molar refractivity (Wildman–Crippen MR) is 85.1 cm³/mol. The number of hydrogen-bond acceptors (Lipinski definition) is 2. The number of amides is 1. The van der Waals surface area contributed by atoms with Crippen molar-refractivity contribution in [1.82, 2.24) is 5.06 Å². The van der Waals surface area contributed by atoms with Gasteiger partial charge >= 0.3 is 6.18 Å². The number of nitrogens with zero attached hydrogens (tertiary/aromatic N) is 1. The molecule has 0 heterocycles. The van der Waals surface area contributed by atoms with Gasteiger partial charge in [0.2, 0.25) is 5.91 Å². The Labute approximate surface area is 140 Å². The van der Waals surface area contributed by atoms with Crippen molar-refractivity contribution in [2.45, 2.75) is 64.7 Å². The number of rotatable bonds is 5. The minimum Gasteiger partial charge on any atom is -0.273 e. The largest absolute Gasteiger partial charge is 0.416 e. The van der Waals surface area contributed by atoms with Crippen LogP contribution in [0.1, 0.15) is 68.6 Å². The maximum Gasteiger partial charge on any atom is 0.416 e. The van der Waals surface area contributed by atoms with Gasteiger partial charge in [-0.1, -0.05) is 31.4 Å². The lowest BCUT2D eigenvalue weighted by Crippen LogP contribution is -2.28. The van der Waals surface area contributed by atoms with Crippen molar-refractivity contribution >= 4 is 5.91 Å². The molecule has 0 N–H and O–H groups in total. The van der Waals surface area contributed by atoms with Gasteiger partial charge in [0.15, 0.2) is 0 Å². The predicted octanol–water partition coefficient (Wildman–Crippen LogP) is 5.05. The van der Waals surface area contributed by atoms with Crippen LogP contribution in [0.5, 0.6) is 0 Å². The van der Waals surface area contributed by atoms with Gasteiger partial charge in [-0.3, -0.25) is 9.63 Å². The first-order valence-electron chi connectivity index (χ1n) is 8.44. The van der Waals surface area contributed by atoms with Gasteiger partial charge in [0.1, 0.15) is 6.61 Å². The third-order valence-corrected chi connectivity index (χ3v) is 4.49. The lowest BCUT2D eigenvalue weighted by atomic mass is 9.81. The summed E-state index contributed by atoms with van der Waals surface area (Å²) in [5.74, 6) is -0.290. The van der Waals surface area contributed by atoms with Gasteiger partial charge in [0, 0.05) is 13.5 Å². The zero-order chi connectivity index (χ0) is 17.7. The Morgan fingerprint density at radius 3 is 2.46 bits per heavy atom. The number of alkyl halides is 3. The molecule has 6 heteroatoms. The molecule has 1 aromatic rings. The highest BCUT2D eigenvalue weighted by molar-refractivity contribution is 5.71. The maximum absolute atomic E-state index is 13.5. The van der Waals surface area contributed by atoms with Crippen LogP contribution in [-0.2, 0) is 22.4 Å². The fourth-order valence-electron chi connectivity index (χ4n) is 3.27. The first-order valence-corrected chi connectivity index (χ1v) is 8.44. The minimum absolute atomic E-state index is 0.0188. The molecular formula is C18H24F3NO2. The van der Waals surface area contributed by atoms with E-state index in [2.05, 4.69) is 0 Å². The molecule has 0 radical (unpaired) electrons. The van der Waals surface area contributed by atoms with Gasteiger partial charge in [0.05, 0.1) is 5.56 Å². The van der Waals surface area contributed by atoms with Crippen molar-refractivity contribution in [3.05, 3.63) is 34.9 Å². The Morgan fingerprint density at radius 1 is 1.25 bits per heavy atom. The van der Waals surface area contributed by atoms with E-state index >= 15 is 0 Å². The van der Waals surface area contributed by atoms with E-state index in [0.717, 1.165) is 43.2 Å². The van der Waals surface area contributed by atoms with Crippen molar-refractivity contribution in [3.63, 3.8) is 0 Å². The molecule has 1 amide bonds. The average molecular weight is 343 g/mol. The molecule has 0 aliphatic heterocycles. The Hall–Kier alpha value is -1.56. The van der Waals surface area contributed by atoms with E-state index in [1.165, 1.54) is 6.92 Å². The first-order chi connectivity index (χ1) is 11.3. The standard InChI is InChI=1S/C18H24F3NO2/c1-3-22(13(2)23)24-12-14-9-10-16(15-7-5-4-6-8-15)17(11-14)18(19,20)21/h9-11,15H,3-8,12H2,1-2H3. The van der Waals surface area contributed by atoms with Crippen LogP contribution < -0.4 is 0 Å². The van der Waals surface area contributed by atoms with Crippen LogP contribution in [0.4, 0.5) is 13.2 Å². The Bertz CT molecular complexity index is 566. The summed E-state index contributed by atoms with van der Waals surface area (Å²) >= 11 is 0. The van der Waals surface area contributed by atoms with E-state index in [-0.39, 0.29) is 18.4 Å². The third kappa shape index (κ3) is 4.72. The molecule has 0 aromatic heterocycles. The van der Waals surface area contributed by atoms with Crippen LogP contribution >= 0.6 is 0 Å². The number of carbonyl (C=O) groups is 1. The molecule has 0 unspecified atom stereocenters. The normalized spacial score (nSPS) is 16.2. The highest BCUT2D eigenvalue weighted by atomic mass is 19.4. The molecule has 24 heavy (non-hydrogen) atoms. The molecule has 1 fully saturated rings. The smallest absolute Gasteiger partial charge is 0.273 e. The second-order valence-corrected chi connectivity index (χ2v) is 6.24. The number of benzene rings is 1. The zero-order valence-electron chi connectivity index (χ0n) is 14.2. The van der Waals surface area contributed by atoms with Crippen LogP contribution in [0.3, 0.4) is 0 Å². The molecule has 1 saturated carbocycles. The fourth-order valence-corrected chi connectivity index (χ4v) is 3.27. The third-order valence-electron chi connectivity index (χ3n) is 4.49. The van der Waals surface area contributed by atoms with E-state index < -0.39 is 11.7 Å². The van der Waals surface area contributed by atoms with E-state index in [4.69, 9.17) is 4.84 Å². The summed E-state index contributed by atoms with van der Waals surface area (Å²) in [6.45, 7) is 3.40. The van der Waals surface area contributed by atoms with E-state index in [1.54, 1.807) is 19.1 Å². The minimum atomic E-state index is -4.38. The number of halogens is 3. The molecule has 2 rings (SSSR count). The summed E-state index contributed by atoms with van der Waals surface area (Å²) in [6.07, 6.45) is 0.309. The van der Waals surface area contributed by atoms with Crippen LogP contribution in [0.2, 0.25) is 0 Å². The summed E-state index contributed by atoms with van der Waals surface area (Å²) in [5, 5.41) is 1.14.